The Balaban J connectivity index is 0.00000225. The highest BCUT2D eigenvalue weighted by Gasteiger charge is 2.20. The molecule has 3 aromatic rings. The van der Waals surface area contributed by atoms with Crippen molar-refractivity contribution < 1.29 is 0 Å². The number of thiophene rings is 1. The van der Waals surface area contributed by atoms with Gasteiger partial charge in [-0.25, -0.2) is 4.98 Å². The third kappa shape index (κ3) is 5.16. The number of guanidine groups is 1. The first-order valence-electron chi connectivity index (χ1n) is 9.50. The molecule has 0 aromatic carbocycles. The van der Waals surface area contributed by atoms with Crippen molar-refractivity contribution in [2.75, 3.05) is 31.6 Å². The molecular weight excluding hydrogens is 483 g/mol. The molecule has 0 radical (unpaired) electrons. The maximum Gasteiger partial charge on any atom is 0.191 e. The third-order valence-corrected chi connectivity index (χ3v) is 5.89. The molecule has 0 saturated carbocycles. The number of piperidine rings is 1. The van der Waals surface area contributed by atoms with Gasteiger partial charge in [-0.15, -0.1) is 35.3 Å². The number of anilines is 1. The van der Waals surface area contributed by atoms with Crippen molar-refractivity contribution in [3.63, 3.8) is 0 Å². The van der Waals surface area contributed by atoms with E-state index in [1.165, 1.54) is 5.00 Å². The smallest absolute Gasteiger partial charge is 0.191 e. The van der Waals surface area contributed by atoms with Gasteiger partial charge in [-0.05, 0) is 42.5 Å². The standard InChI is InChI=1S/C20H26N6S.HI/c1-21-20(22-10-7-17-15-26-11-3-2-5-18(26)23-17)24-16-8-12-25(13-9-16)19-6-4-14-27-19;/h2-6,11,14-16H,7-10,12-13H2,1H3,(H2,21,22,24);1H. The van der Waals surface area contributed by atoms with Crippen molar-refractivity contribution in [2.24, 2.45) is 4.99 Å². The number of imidazole rings is 1. The van der Waals surface area contributed by atoms with E-state index in [1.54, 1.807) is 0 Å². The molecule has 150 valence electrons. The number of hydrogen-bond donors (Lipinski definition) is 2. The van der Waals surface area contributed by atoms with Gasteiger partial charge in [0.25, 0.3) is 0 Å². The predicted molar refractivity (Wildman–Crippen MR) is 128 cm³/mol. The van der Waals surface area contributed by atoms with E-state index in [4.69, 9.17) is 0 Å². The van der Waals surface area contributed by atoms with Crippen LogP contribution in [0, 0.1) is 0 Å². The quantitative estimate of drug-likeness (QED) is 0.314. The van der Waals surface area contributed by atoms with Gasteiger partial charge in [-0.1, -0.05) is 6.07 Å². The van der Waals surface area contributed by atoms with Gasteiger partial charge in [-0.3, -0.25) is 4.99 Å². The molecule has 1 fully saturated rings. The number of nitrogens with zero attached hydrogens (tertiary/aromatic N) is 4. The summed E-state index contributed by atoms with van der Waals surface area (Å²) in [5.41, 5.74) is 2.08. The number of pyridine rings is 1. The molecule has 0 aliphatic carbocycles. The highest BCUT2D eigenvalue weighted by Crippen LogP contribution is 2.24. The van der Waals surface area contributed by atoms with Crippen LogP contribution in [0.1, 0.15) is 18.5 Å². The molecule has 0 amide bonds. The lowest BCUT2D eigenvalue weighted by Crippen LogP contribution is -2.49. The van der Waals surface area contributed by atoms with E-state index in [2.05, 4.69) is 53.6 Å². The van der Waals surface area contributed by atoms with Crippen LogP contribution in [0.15, 0.2) is 53.1 Å². The summed E-state index contributed by atoms with van der Waals surface area (Å²) >= 11 is 1.82. The predicted octanol–water partition coefficient (Wildman–Crippen LogP) is 3.39. The van der Waals surface area contributed by atoms with E-state index < -0.39 is 0 Å². The topological polar surface area (TPSA) is 57.0 Å². The van der Waals surface area contributed by atoms with E-state index >= 15 is 0 Å². The summed E-state index contributed by atoms with van der Waals surface area (Å²) in [6.07, 6.45) is 7.26. The number of aromatic nitrogens is 2. The normalized spacial score (nSPS) is 15.5. The molecule has 4 heterocycles. The van der Waals surface area contributed by atoms with Crippen molar-refractivity contribution in [2.45, 2.75) is 25.3 Å². The Morgan fingerprint density at radius 3 is 2.82 bits per heavy atom. The Morgan fingerprint density at radius 1 is 1.25 bits per heavy atom. The van der Waals surface area contributed by atoms with E-state index in [0.717, 1.165) is 56.2 Å². The van der Waals surface area contributed by atoms with Gasteiger partial charge in [-0.2, -0.15) is 0 Å². The first kappa shape index (κ1) is 20.9. The largest absolute Gasteiger partial charge is 0.363 e. The van der Waals surface area contributed by atoms with E-state index in [0.29, 0.717) is 6.04 Å². The number of fused-ring (bicyclic) bond motifs is 1. The zero-order chi connectivity index (χ0) is 18.5. The second-order valence-electron chi connectivity index (χ2n) is 6.80. The maximum absolute atomic E-state index is 4.64. The molecule has 28 heavy (non-hydrogen) atoms. The summed E-state index contributed by atoms with van der Waals surface area (Å²) in [6.45, 7) is 3.00. The fraction of sp³-hybridized carbons (Fsp3) is 0.400. The zero-order valence-corrected chi connectivity index (χ0v) is 19.2. The van der Waals surface area contributed by atoms with Gasteiger partial charge in [0.1, 0.15) is 5.65 Å². The van der Waals surface area contributed by atoms with Crippen molar-refractivity contribution in [3.8, 4) is 0 Å². The number of aliphatic imine (C=N–C) groups is 1. The molecule has 0 atom stereocenters. The summed E-state index contributed by atoms with van der Waals surface area (Å²) in [7, 11) is 1.83. The molecule has 2 N–H and O–H groups in total. The van der Waals surface area contributed by atoms with Crippen LogP contribution >= 0.6 is 35.3 Å². The van der Waals surface area contributed by atoms with Crippen LogP contribution in [0.5, 0.6) is 0 Å². The SMILES string of the molecule is CN=C(NCCc1cn2ccccc2n1)NC1CCN(c2cccs2)CC1.I. The molecule has 1 aliphatic heterocycles. The number of halogens is 1. The molecule has 3 aromatic heterocycles. The van der Waals surface area contributed by atoms with Gasteiger partial charge in [0.05, 0.1) is 10.7 Å². The summed E-state index contributed by atoms with van der Waals surface area (Å²) in [5, 5.41) is 10.5. The Morgan fingerprint density at radius 2 is 2.11 bits per heavy atom. The minimum Gasteiger partial charge on any atom is -0.363 e. The molecule has 1 aliphatic rings. The summed E-state index contributed by atoms with van der Waals surface area (Å²) in [5.74, 6) is 0.883. The van der Waals surface area contributed by atoms with Gasteiger partial charge in [0, 0.05) is 51.5 Å². The van der Waals surface area contributed by atoms with Crippen LogP contribution in [0.4, 0.5) is 5.00 Å². The monoisotopic (exact) mass is 510 g/mol. The van der Waals surface area contributed by atoms with E-state index in [-0.39, 0.29) is 24.0 Å². The fourth-order valence-corrected chi connectivity index (χ4v) is 4.28. The lowest BCUT2D eigenvalue weighted by Gasteiger charge is -2.33. The van der Waals surface area contributed by atoms with Gasteiger partial charge < -0.3 is 19.9 Å². The summed E-state index contributed by atoms with van der Waals surface area (Å²) in [6, 6.07) is 10.9. The average Bonchev–Trinajstić information content (AvgIpc) is 3.37. The van der Waals surface area contributed by atoms with Gasteiger partial charge in [0.15, 0.2) is 5.96 Å². The number of rotatable bonds is 5. The second kappa shape index (κ2) is 10.1. The summed E-state index contributed by atoms with van der Waals surface area (Å²) < 4.78 is 2.06. The first-order valence-corrected chi connectivity index (χ1v) is 10.4. The number of hydrogen-bond acceptors (Lipinski definition) is 4. The third-order valence-electron chi connectivity index (χ3n) is 4.96. The summed E-state index contributed by atoms with van der Waals surface area (Å²) in [4.78, 5) is 11.5. The zero-order valence-electron chi connectivity index (χ0n) is 16.0. The molecule has 0 spiro atoms. The van der Waals surface area contributed by atoms with Crippen LogP contribution in [0.2, 0.25) is 0 Å². The Bertz CT molecular complexity index is 850. The molecular formula is C20H27IN6S. The molecule has 0 bridgehead atoms. The molecule has 0 unspecified atom stereocenters. The van der Waals surface area contributed by atoms with Crippen LogP contribution in [-0.2, 0) is 6.42 Å². The van der Waals surface area contributed by atoms with Crippen LogP contribution in [-0.4, -0.2) is 48.1 Å². The van der Waals surface area contributed by atoms with Crippen LogP contribution < -0.4 is 15.5 Å². The van der Waals surface area contributed by atoms with E-state index in [1.807, 2.05) is 42.8 Å². The lowest BCUT2D eigenvalue weighted by atomic mass is 10.1. The van der Waals surface area contributed by atoms with Gasteiger partial charge in [0.2, 0.25) is 0 Å². The highest BCUT2D eigenvalue weighted by atomic mass is 127. The fourth-order valence-electron chi connectivity index (χ4n) is 3.50. The Hall–Kier alpha value is -1.81. The first-order chi connectivity index (χ1) is 13.3. The van der Waals surface area contributed by atoms with Crippen molar-refractivity contribution in [1.29, 1.82) is 0 Å². The Kier molecular flexibility index (Phi) is 7.55. The van der Waals surface area contributed by atoms with Gasteiger partial charge >= 0.3 is 0 Å². The van der Waals surface area contributed by atoms with Crippen molar-refractivity contribution in [3.05, 3.63) is 53.8 Å². The molecule has 1 saturated heterocycles. The number of nitrogens with one attached hydrogen (secondary N) is 2. The second-order valence-corrected chi connectivity index (χ2v) is 7.73. The lowest BCUT2D eigenvalue weighted by molar-refractivity contribution is 0.463. The maximum atomic E-state index is 4.64. The molecule has 4 rings (SSSR count). The van der Waals surface area contributed by atoms with Crippen molar-refractivity contribution in [1.82, 2.24) is 20.0 Å². The Labute approximate surface area is 187 Å². The molecule has 6 nitrogen and oxygen atoms in total. The van der Waals surface area contributed by atoms with Crippen LogP contribution in [0.25, 0.3) is 5.65 Å². The molecule has 8 heteroatoms. The average molecular weight is 510 g/mol. The van der Waals surface area contributed by atoms with Crippen LogP contribution in [0.3, 0.4) is 0 Å². The highest BCUT2D eigenvalue weighted by molar-refractivity contribution is 14.0. The van der Waals surface area contributed by atoms with Crippen molar-refractivity contribution >= 4 is 51.9 Å². The minimum absolute atomic E-state index is 0. The minimum atomic E-state index is 0. The van der Waals surface area contributed by atoms with E-state index in [9.17, 15) is 0 Å².